The van der Waals surface area contributed by atoms with Crippen molar-refractivity contribution in [2.75, 3.05) is 18.5 Å². The summed E-state index contributed by atoms with van der Waals surface area (Å²) in [5.74, 6) is -1.84. The van der Waals surface area contributed by atoms with Crippen molar-refractivity contribution in [1.82, 2.24) is 9.88 Å². The first kappa shape index (κ1) is 24.0. The maximum absolute atomic E-state index is 13.1. The van der Waals surface area contributed by atoms with Crippen LogP contribution in [0.5, 0.6) is 5.75 Å². The quantitative estimate of drug-likeness (QED) is 0.633. The normalized spacial score (nSPS) is 22.9. The van der Waals surface area contributed by atoms with Gasteiger partial charge in [-0.2, -0.15) is 13.2 Å². The van der Waals surface area contributed by atoms with Gasteiger partial charge in [0.25, 0.3) is 5.91 Å². The van der Waals surface area contributed by atoms with Gasteiger partial charge in [0, 0.05) is 24.3 Å². The summed E-state index contributed by atoms with van der Waals surface area (Å²) in [6, 6.07) is 12.2. The van der Waals surface area contributed by atoms with E-state index < -0.39 is 18.0 Å². The maximum Gasteiger partial charge on any atom is 0.391 e. The number of ether oxygens (including phenoxy) is 1. The van der Waals surface area contributed by atoms with E-state index in [1.54, 1.807) is 29.2 Å². The molecule has 4 rings (SSSR count). The summed E-state index contributed by atoms with van der Waals surface area (Å²) in [6.45, 7) is 0.765. The Labute approximate surface area is 196 Å². The number of amides is 2. The molecule has 2 aromatic rings. The molecule has 1 saturated heterocycles. The fourth-order valence-corrected chi connectivity index (χ4v) is 4.78. The second kappa shape index (κ2) is 10.4. The summed E-state index contributed by atoms with van der Waals surface area (Å²) in [5, 5.41) is 2.78. The molecule has 2 heterocycles. The summed E-state index contributed by atoms with van der Waals surface area (Å²) in [5.41, 5.74) is 0.782. The average molecular weight is 476 g/mol. The monoisotopic (exact) mass is 475 g/mol. The standard InChI is InChI=1S/C25H28F3N3O3/c26-25(27,28)18-12-10-17(11-13-18)24(33)31-15-5-8-20(31)16-34-21-9-4-14-29-22(21)23(32)30-19-6-2-1-3-7-19/h1-4,6-7,9,14,17-18,20H,5,8,10-13,15-16H2,(H,30,32)/t17?,18?,20-/m1/s1. The second-order valence-corrected chi connectivity index (χ2v) is 8.90. The number of carbonyl (C=O) groups is 2. The maximum atomic E-state index is 13.1. The zero-order valence-electron chi connectivity index (χ0n) is 18.8. The van der Waals surface area contributed by atoms with Crippen LogP contribution in [0.15, 0.2) is 48.7 Å². The SMILES string of the molecule is O=C(Nc1ccccc1)c1ncccc1OC[C@H]1CCCN1C(=O)C1CCC(C(F)(F)F)CC1. The molecule has 1 aromatic carbocycles. The number of halogens is 3. The molecule has 0 radical (unpaired) electrons. The highest BCUT2D eigenvalue weighted by Gasteiger charge is 2.44. The lowest BCUT2D eigenvalue weighted by molar-refractivity contribution is -0.185. The number of pyridine rings is 1. The van der Waals surface area contributed by atoms with E-state index in [0.717, 1.165) is 12.8 Å². The number of likely N-dealkylation sites (tertiary alicyclic amines) is 1. The topological polar surface area (TPSA) is 71.5 Å². The summed E-state index contributed by atoms with van der Waals surface area (Å²) in [7, 11) is 0. The van der Waals surface area contributed by atoms with Crippen molar-refractivity contribution in [3.63, 3.8) is 0 Å². The van der Waals surface area contributed by atoms with E-state index >= 15 is 0 Å². The van der Waals surface area contributed by atoms with E-state index in [0.29, 0.717) is 18.0 Å². The van der Waals surface area contributed by atoms with E-state index in [-0.39, 0.29) is 55.9 Å². The number of hydrogen-bond donors (Lipinski definition) is 1. The zero-order valence-corrected chi connectivity index (χ0v) is 18.8. The van der Waals surface area contributed by atoms with Crippen LogP contribution in [0, 0.1) is 11.8 Å². The van der Waals surface area contributed by atoms with Crippen LogP contribution in [0.2, 0.25) is 0 Å². The van der Waals surface area contributed by atoms with Gasteiger partial charge in [-0.15, -0.1) is 0 Å². The van der Waals surface area contributed by atoms with E-state index in [9.17, 15) is 22.8 Å². The van der Waals surface area contributed by atoms with Gasteiger partial charge in [0.1, 0.15) is 6.61 Å². The molecule has 34 heavy (non-hydrogen) atoms. The molecule has 1 aromatic heterocycles. The van der Waals surface area contributed by atoms with Crippen LogP contribution in [0.25, 0.3) is 0 Å². The van der Waals surface area contributed by atoms with Crippen molar-refractivity contribution < 1.29 is 27.5 Å². The lowest BCUT2D eigenvalue weighted by atomic mass is 9.81. The third kappa shape index (κ3) is 5.69. The fraction of sp³-hybridized carbons (Fsp3) is 0.480. The molecule has 1 saturated carbocycles. The zero-order chi connectivity index (χ0) is 24.1. The summed E-state index contributed by atoms with van der Waals surface area (Å²) in [6.07, 6.45) is -0.586. The number of anilines is 1. The van der Waals surface area contributed by atoms with Gasteiger partial charge in [0.15, 0.2) is 11.4 Å². The lowest BCUT2D eigenvalue weighted by Gasteiger charge is -2.33. The van der Waals surface area contributed by atoms with Crippen molar-refractivity contribution in [2.45, 2.75) is 50.7 Å². The average Bonchev–Trinajstić information content (AvgIpc) is 3.31. The number of carbonyl (C=O) groups excluding carboxylic acids is 2. The van der Waals surface area contributed by atoms with Gasteiger partial charge in [0.05, 0.1) is 12.0 Å². The Kier molecular flexibility index (Phi) is 7.38. The molecule has 0 bridgehead atoms. The summed E-state index contributed by atoms with van der Waals surface area (Å²) in [4.78, 5) is 31.7. The highest BCUT2D eigenvalue weighted by molar-refractivity contribution is 6.04. The van der Waals surface area contributed by atoms with Gasteiger partial charge in [-0.25, -0.2) is 4.98 Å². The first-order valence-corrected chi connectivity index (χ1v) is 11.6. The number of nitrogens with zero attached hydrogens (tertiary/aromatic N) is 2. The van der Waals surface area contributed by atoms with Crippen LogP contribution in [-0.4, -0.2) is 47.1 Å². The van der Waals surface area contributed by atoms with Crippen LogP contribution in [0.3, 0.4) is 0 Å². The molecule has 9 heteroatoms. The number of hydrogen-bond acceptors (Lipinski definition) is 4. The molecule has 0 spiro atoms. The van der Waals surface area contributed by atoms with Crippen molar-refractivity contribution >= 4 is 17.5 Å². The van der Waals surface area contributed by atoms with E-state index in [2.05, 4.69) is 10.3 Å². The largest absolute Gasteiger partial charge is 0.489 e. The third-order valence-corrected chi connectivity index (χ3v) is 6.65. The van der Waals surface area contributed by atoms with Gasteiger partial charge in [-0.05, 0) is 62.8 Å². The molecule has 2 fully saturated rings. The molecular weight excluding hydrogens is 447 g/mol. The Morgan fingerprint density at radius 2 is 1.76 bits per heavy atom. The summed E-state index contributed by atoms with van der Waals surface area (Å²) >= 11 is 0. The first-order valence-electron chi connectivity index (χ1n) is 11.6. The van der Waals surface area contributed by atoms with E-state index in [1.807, 2.05) is 18.2 Å². The van der Waals surface area contributed by atoms with Gasteiger partial charge in [0.2, 0.25) is 5.91 Å². The molecule has 1 atom stereocenters. The predicted octanol–water partition coefficient (Wildman–Crippen LogP) is 5.07. The number of aromatic nitrogens is 1. The van der Waals surface area contributed by atoms with E-state index in [1.165, 1.54) is 6.20 Å². The Hall–Kier alpha value is -3.10. The highest BCUT2D eigenvalue weighted by atomic mass is 19.4. The minimum absolute atomic E-state index is 0.00445. The molecule has 1 N–H and O–H groups in total. The summed E-state index contributed by atoms with van der Waals surface area (Å²) < 4.78 is 44.8. The molecule has 6 nitrogen and oxygen atoms in total. The molecule has 182 valence electrons. The van der Waals surface area contributed by atoms with Crippen LogP contribution in [-0.2, 0) is 4.79 Å². The third-order valence-electron chi connectivity index (χ3n) is 6.65. The number of nitrogens with one attached hydrogen (secondary N) is 1. The Morgan fingerprint density at radius 1 is 1.03 bits per heavy atom. The number of rotatable bonds is 6. The lowest BCUT2D eigenvalue weighted by Crippen LogP contribution is -2.44. The molecule has 1 aliphatic carbocycles. The van der Waals surface area contributed by atoms with Crippen LogP contribution in [0.4, 0.5) is 18.9 Å². The van der Waals surface area contributed by atoms with Crippen molar-refractivity contribution in [1.29, 1.82) is 0 Å². The number of alkyl halides is 3. The fourth-order valence-electron chi connectivity index (χ4n) is 4.78. The molecule has 1 aliphatic heterocycles. The molecule has 2 aliphatic rings. The Bertz CT molecular complexity index is 992. The smallest absolute Gasteiger partial charge is 0.391 e. The first-order chi connectivity index (χ1) is 16.3. The van der Waals surface area contributed by atoms with Crippen LogP contribution < -0.4 is 10.1 Å². The van der Waals surface area contributed by atoms with Gasteiger partial charge >= 0.3 is 6.18 Å². The Balaban J connectivity index is 1.35. The Morgan fingerprint density at radius 3 is 2.47 bits per heavy atom. The van der Waals surface area contributed by atoms with Crippen molar-refractivity contribution in [3.8, 4) is 5.75 Å². The van der Waals surface area contributed by atoms with E-state index in [4.69, 9.17) is 4.74 Å². The predicted molar refractivity (Wildman–Crippen MR) is 120 cm³/mol. The van der Waals surface area contributed by atoms with Crippen molar-refractivity contribution in [3.05, 3.63) is 54.4 Å². The van der Waals surface area contributed by atoms with Gasteiger partial charge in [-0.1, -0.05) is 18.2 Å². The van der Waals surface area contributed by atoms with Crippen molar-refractivity contribution in [2.24, 2.45) is 11.8 Å². The number of para-hydroxylation sites is 1. The highest BCUT2D eigenvalue weighted by Crippen LogP contribution is 2.40. The number of benzene rings is 1. The van der Waals surface area contributed by atoms with Gasteiger partial charge < -0.3 is 15.0 Å². The second-order valence-electron chi connectivity index (χ2n) is 8.90. The van der Waals surface area contributed by atoms with Crippen LogP contribution in [0.1, 0.15) is 49.0 Å². The minimum Gasteiger partial charge on any atom is -0.489 e. The van der Waals surface area contributed by atoms with Gasteiger partial charge in [-0.3, -0.25) is 9.59 Å². The molecular formula is C25H28F3N3O3. The molecule has 0 unspecified atom stereocenters. The minimum atomic E-state index is -4.19. The molecule has 2 amide bonds. The van der Waals surface area contributed by atoms with Crippen LogP contribution >= 0.6 is 0 Å².